The lowest BCUT2D eigenvalue weighted by atomic mass is 9.96. The summed E-state index contributed by atoms with van der Waals surface area (Å²) < 4.78 is 0. The Morgan fingerprint density at radius 1 is 0.969 bits per heavy atom. The van der Waals surface area contributed by atoms with Crippen molar-refractivity contribution in [2.75, 3.05) is 13.1 Å². The van der Waals surface area contributed by atoms with Crippen LogP contribution in [0.5, 0.6) is 5.75 Å². The second-order valence-electron chi connectivity index (χ2n) is 8.58. The van der Waals surface area contributed by atoms with E-state index in [-0.39, 0.29) is 29.9 Å². The average molecular weight is 449 g/mol. The van der Waals surface area contributed by atoms with Crippen molar-refractivity contribution in [1.82, 2.24) is 15.5 Å². The van der Waals surface area contributed by atoms with Crippen molar-refractivity contribution >= 4 is 17.7 Å². The lowest BCUT2D eigenvalue weighted by Crippen LogP contribution is -2.58. The molecule has 3 amide bonds. The number of benzene rings is 1. The van der Waals surface area contributed by atoms with Gasteiger partial charge in [0.25, 0.3) is 0 Å². The van der Waals surface area contributed by atoms with Crippen LogP contribution in [0.2, 0.25) is 0 Å². The molecule has 0 aromatic heterocycles. The molecular weight excluding hydrogens is 408 g/mol. The predicted molar refractivity (Wildman–Crippen MR) is 126 cm³/mol. The lowest BCUT2D eigenvalue weighted by Gasteiger charge is -2.31. The molecule has 0 aliphatic rings. The standard InChI is InChI=1S/C24H40N4O4/c1-7-16(6)21(24(32)28(8-2)9-3)27-22(30)19(26-23(31)20(25)15(4)5)14-17-10-12-18(29)13-11-17/h10-13,15-16,19-21,29H,7-9,14,25H2,1-6H3,(H,26,31)(H,27,30)/t16?,19-,20-,21-/m0/s1. The number of hydrogen-bond acceptors (Lipinski definition) is 5. The molecule has 0 spiro atoms. The minimum Gasteiger partial charge on any atom is -0.508 e. The molecule has 0 heterocycles. The number of aromatic hydroxyl groups is 1. The Balaban J connectivity index is 3.15. The van der Waals surface area contributed by atoms with Crippen LogP contribution in [0.4, 0.5) is 0 Å². The van der Waals surface area contributed by atoms with E-state index in [9.17, 15) is 19.5 Å². The van der Waals surface area contributed by atoms with E-state index in [1.807, 2.05) is 41.5 Å². The van der Waals surface area contributed by atoms with Gasteiger partial charge in [-0.25, -0.2) is 0 Å². The molecule has 5 N–H and O–H groups in total. The van der Waals surface area contributed by atoms with Crippen LogP contribution in [0, 0.1) is 11.8 Å². The minimum atomic E-state index is -0.909. The molecule has 0 fully saturated rings. The maximum absolute atomic E-state index is 13.3. The fraction of sp³-hybridized carbons (Fsp3) is 0.625. The third kappa shape index (κ3) is 7.82. The van der Waals surface area contributed by atoms with Crippen LogP contribution in [-0.4, -0.2) is 58.9 Å². The Morgan fingerprint density at radius 3 is 2.00 bits per heavy atom. The van der Waals surface area contributed by atoms with Crippen LogP contribution in [0.1, 0.15) is 53.5 Å². The maximum atomic E-state index is 13.3. The zero-order chi connectivity index (χ0) is 24.4. The number of likely N-dealkylation sites (N-methyl/N-ethyl adjacent to an activating group) is 1. The van der Waals surface area contributed by atoms with E-state index < -0.39 is 29.9 Å². The summed E-state index contributed by atoms with van der Waals surface area (Å²) in [7, 11) is 0. The molecule has 8 heteroatoms. The van der Waals surface area contributed by atoms with Crippen LogP contribution in [0.3, 0.4) is 0 Å². The summed E-state index contributed by atoms with van der Waals surface area (Å²) in [5.41, 5.74) is 6.74. The molecule has 4 atom stereocenters. The molecule has 0 bridgehead atoms. The van der Waals surface area contributed by atoms with Crippen molar-refractivity contribution in [2.24, 2.45) is 17.6 Å². The smallest absolute Gasteiger partial charge is 0.245 e. The molecule has 1 aromatic carbocycles. The largest absolute Gasteiger partial charge is 0.508 e. The maximum Gasteiger partial charge on any atom is 0.245 e. The van der Waals surface area contributed by atoms with Gasteiger partial charge < -0.3 is 26.4 Å². The number of nitrogens with two attached hydrogens (primary N) is 1. The van der Waals surface area contributed by atoms with Gasteiger partial charge in [0.05, 0.1) is 6.04 Å². The fourth-order valence-electron chi connectivity index (χ4n) is 3.32. The molecule has 8 nitrogen and oxygen atoms in total. The highest BCUT2D eigenvalue weighted by atomic mass is 16.3. The molecule has 32 heavy (non-hydrogen) atoms. The predicted octanol–water partition coefficient (Wildman–Crippen LogP) is 1.80. The van der Waals surface area contributed by atoms with Gasteiger partial charge in [-0.15, -0.1) is 0 Å². The number of nitrogens with zero attached hydrogens (tertiary/aromatic N) is 1. The molecule has 1 aromatic rings. The van der Waals surface area contributed by atoms with Gasteiger partial charge in [0.2, 0.25) is 17.7 Å². The summed E-state index contributed by atoms with van der Waals surface area (Å²) in [6.45, 7) is 12.5. The first kappa shape index (κ1) is 27.4. The highest BCUT2D eigenvalue weighted by molar-refractivity contribution is 5.93. The molecule has 180 valence electrons. The van der Waals surface area contributed by atoms with Crippen molar-refractivity contribution in [3.05, 3.63) is 29.8 Å². The van der Waals surface area contributed by atoms with E-state index in [4.69, 9.17) is 5.73 Å². The normalized spacial score (nSPS) is 14.9. The van der Waals surface area contributed by atoms with Gasteiger partial charge in [-0.3, -0.25) is 14.4 Å². The summed E-state index contributed by atoms with van der Waals surface area (Å²) in [6.07, 6.45) is 0.917. The molecule has 0 saturated carbocycles. The van der Waals surface area contributed by atoms with E-state index in [1.165, 1.54) is 12.1 Å². The molecule has 0 saturated heterocycles. The third-order valence-electron chi connectivity index (χ3n) is 5.88. The molecule has 1 rings (SSSR count). The number of nitrogens with one attached hydrogen (secondary N) is 2. The number of hydrogen-bond donors (Lipinski definition) is 4. The van der Waals surface area contributed by atoms with Gasteiger partial charge in [0.15, 0.2) is 0 Å². The molecule has 0 radical (unpaired) electrons. The van der Waals surface area contributed by atoms with Gasteiger partial charge in [-0.1, -0.05) is 46.2 Å². The van der Waals surface area contributed by atoms with Gasteiger partial charge in [-0.2, -0.15) is 0 Å². The minimum absolute atomic E-state index is 0.0741. The number of carbonyl (C=O) groups is 3. The molecule has 1 unspecified atom stereocenters. The highest BCUT2D eigenvalue weighted by Crippen LogP contribution is 2.14. The summed E-state index contributed by atoms with van der Waals surface area (Å²) in [5.74, 6) is -1.05. The number of carbonyl (C=O) groups excluding carboxylic acids is 3. The summed E-state index contributed by atoms with van der Waals surface area (Å²) in [5, 5.41) is 15.2. The van der Waals surface area contributed by atoms with Crippen molar-refractivity contribution < 1.29 is 19.5 Å². The van der Waals surface area contributed by atoms with Crippen molar-refractivity contribution in [3.63, 3.8) is 0 Å². The zero-order valence-electron chi connectivity index (χ0n) is 20.2. The first-order chi connectivity index (χ1) is 15.0. The van der Waals surface area contributed by atoms with Gasteiger partial charge >= 0.3 is 0 Å². The van der Waals surface area contributed by atoms with Gasteiger partial charge in [-0.05, 0) is 43.4 Å². The average Bonchev–Trinajstić information content (AvgIpc) is 2.77. The topological polar surface area (TPSA) is 125 Å². The highest BCUT2D eigenvalue weighted by Gasteiger charge is 2.32. The van der Waals surface area contributed by atoms with E-state index in [1.54, 1.807) is 17.0 Å². The van der Waals surface area contributed by atoms with Crippen LogP contribution >= 0.6 is 0 Å². The monoisotopic (exact) mass is 448 g/mol. The van der Waals surface area contributed by atoms with Gasteiger partial charge in [0.1, 0.15) is 17.8 Å². The number of rotatable bonds is 12. The summed E-state index contributed by atoms with van der Waals surface area (Å²) in [6, 6.07) is 4.08. The van der Waals surface area contributed by atoms with Crippen LogP contribution in [0.25, 0.3) is 0 Å². The third-order valence-corrected chi connectivity index (χ3v) is 5.88. The first-order valence-electron chi connectivity index (χ1n) is 11.5. The van der Waals surface area contributed by atoms with Gasteiger partial charge in [0, 0.05) is 19.5 Å². The Kier molecular flexibility index (Phi) is 11.2. The quantitative estimate of drug-likeness (QED) is 0.388. The Bertz CT molecular complexity index is 747. The van der Waals surface area contributed by atoms with E-state index >= 15 is 0 Å². The molecule has 0 aliphatic carbocycles. The summed E-state index contributed by atoms with van der Waals surface area (Å²) in [4.78, 5) is 40.7. The summed E-state index contributed by atoms with van der Waals surface area (Å²) >= 11 is 0. The first-order valence-corrected chi connectivity index (χ1v) is 11.5. The van der Waals surface area contributed by atoms with E-state index in [0.29, 0.717) is 19.5 Å². The fourth-order valence-corrected chi connectivity index (χ4v) is 3.32. The SMILES string of the molecule is CCC(C)[C@H](NC(=O)[C@H](Cc1ccc(O)cc1)NC(=O)[C@@H](N)C(C)C)C(=O)N(CC)CC. The van der Waals surface area contributed by atoms with Crippen LogP contribution in [0.15, 0.2) is 24.3 Å². The van der Waals surface area contributed by atoms with Crippen molar-refractivity contribution in [1.29, 1.82) is 0 Å². The van der Waals surface area contributed by atoms with Crippen molar-refractivity contribution in [2.45, 2.75) is 72.5 Å². The molecular formula is C24H40N4O4. The second kappa shape index (κ2) is 13.1. The zero-order valence-corrected chi connectivity index (χ0v) is 20.2. The van der Waals surface area contributed by atoms with Crippen LogP contribution in [-0.2, 0) is 20.8 Å². The van der Waals surface area contributed by atoms with Crippen molar-refractivity contribution in [3.8, 4) is 5.75 Å². The second-order valence-corrected chi connectivity index (χ2v) is 8.58. The number of phenolic OH excluding ortho intramolecular Hbond substituents is 1. The number of phenols is 1. The molecule has 0 aliphatic heterocycles. The Labute approximate surface area is 191 Å². The Morgan fingerprint density at radius 2 is 1.53 bits per heavy atom. The number of amides is 3. The van der Waals surface area contributed by atoms with E-state index in [2.05, 4.69) is 10.6 Å². The Hall–Kier alpha value is -2.61. The van der Waals surface area contributed by atoms with Crippen LogP contribution < -0.4 is 16.4 Å². The van der Waals surface area contributed by atoms with E-state index in [0.717, 1.165) is 5.56 Å². The lowest BCUT2D eigenvalue weighted by molar-refractivity contribution is -0.138.